The van der Waals surface area contributed by atoms with E-state index in [1.807, 2.05) is 0 Å². The number of rotatable bonds is 61. The molecule has 0 spiro atoms. The first-order chi connectivity index (χ1) is 36.5. The molecule has 0 aliphatic carbocycles. The number of esters is 3. The first kappa shape index (κ1) is 71.6. The SMILES string of the molecule is CCC/C=C\CCCCCCCC(=O)OCC(COC(=O)CCCCCCCCCCCCCCCCC/C=C\CCCCCCCCCC)OC(=O)CCCCCCCCCCC/C=C\CCCCCCCC. The Morgan fingerprint density at radius 1 is 0.257 bits per heavy atom. The molecule has 0 saturated heterocycles. The van der Waals surface area contributed by atoms with E-state index in [1.165, 1.54) is 250 Å². The van der Waals surface area contributed by atoms with Crippen molar-refractivity contribution in [1.82, 2.24) is 0 Å². The van der Waals surface area contributed by atoms with E-state index in [0.717, 1.165) is 70.6 Å². The molecule has 0 heterocycles. The van der Waals surface area contributed by atoms with Crippen LogP contribution < -0.4 is 0 Å². The number of carbonyl (C=O) groups is 3. The van der Waals surface area contributed by atoms with Crippen LogP contribution >= 0.6 is 0 Å². The van der Waals surface area contributed by atoms with Gasteiger partial charge in [-0.2, -0.15) is 0 Å². The lowest BCUT2D eigenvalue weighted by atomic mass is 10.0. The van der Waals surface area contributed by atoms with Gasteiger partial charge >= 0.3 is 17.9 Å². The molecular formula is C68H126O6. The minimum absolute atomic E-state index is 0.0721. The standard InChI is InChI=1S/C68H126O6/c1-4-7-10-13-16-19-22-24-26-28-30-31-32-33-34-35-36-37-39-40-42-44-46-49-52-55-58-61-67(70)73-64-65(63-72-66(69)60-57-54-51-48-21-18-15-12-9-6-3)74-68(71)62-59-56-53-50-47-45-43-41-38-29-27-25-23-20-17-14-11-8-5-2/h12,15,25,27-28,30,65H,4-11,13-14,16-24,26,29,31-64H2,1-3H3/b15-12-,27-25-,30-28-. The maximum Gasteiger partial charge on any atom is 0.306 e. The highest BCUT2D eigenvalue weighted by Crippen LogP contribution is 2.17. The van der Waals surface area contributed by atoms with Gasteiger partial charge in [-0.15, -0.1) is 0 Å². The van der Waals surface area contributed by atoms with Crippen molar-refractivity contribution < 1.29 is 28.6 Å². The summed E-state index contributed by atoms with van der Waals surface area (Å²) in [5.74, 6) is -0.864. The van der Waals surface area contributed by atoms with Crippen molar-refractivity contribution in [3.63, 3.8) is 0 Å². The number of unbranched alkanes of at least 4 members (excludes halogenated alkanes) is 44. The van der Waals surface area contributed by atoms with Crippen molar-refractivity contribution in [2.45, 2.75) is 367 Å². The Hall–Kier alpha value is -2.37. The Bertz CT molecular complexity index is 1240. The number of ether oxygens (including phenoxy) is 3. The summed E-state index contributed by atoms with van der Waals surface area (Å²) in [6.45, 7) is 6.62. The van der Waals surface area contributed by atoms with E-state index < -0.39 is 6.10 Å². The lowest BCUT2D eigenvalue weighted by molar-refractivity contribution is -0.167. The molecule has 74 heavy (non-hydrogen) atoms. The van der Waals surface area contributed by atoms with Gasteiger partial charge in [-0.05, 0) is 89.9 Å². The topological polar surface area (TPSA) is 78.9 Å². The predicted molar refractivity (Wildman–Crippen MR) is 321 cm³/mol. The van der Waals surface area contributed by atoms with Crippen LogP contribution in [-0.4, -0.2) is 37.2 Å². The second-order valence-electron chi connectivity index (χ2n) is 22.4. The molecule has 434 valence electrons. The van der Waals surface area contributed by atoms with Crippen molar-refractivity contribution in [3.8, 4) is 0 Å². The fourth-order valence-electron chi connectivity index (χ4n) is 9.85. The van der Waals surface area contributed by atoms with Crippen molar-refractivity contribution >= 4 is 17.9 Å². The summed E-state index contributed by atoms with van der Waals surface area (Å²) >= 11 is 0. The van der Waals surface area contributed by atoms with E-state index in [4.69, 9.17) is 14.2 Å². The molecule has 1 unspecified atom stereocenters. The summed E-state index contributed by atoms with van der Waals surface area (Å²) in [5.41, 5.74) is 0. The molecule has 6 nitrogen and oxygen atoms in total. The third-order valence-corrected chi connectivity index (χ3v) is 14.8. The second-order valence-corrected chi connectivity index (χ2v) is 22.4. The molecule has 0 aliphatic rings. The van der Waals surface area contributed by atoms with Crippen LogP contribution in [0.4, 0.5) is 0 Å². The van der Waals surface area contributed by atoms with Crippen LogP contribution in [0.2, 0.25) is 0 Å². The summed E-state index contributed by atoms with van der Waals surface area (Å²) in [7, 11) is 0. The van der Waals surface area contributed by atoms with Crippen LogP contribution in [0.15, 0.2) is 36.5 Å². The van der Waals surface area contributed by atoms with E-state index >= 15 is 0 Å². The highest BCUT2D eigenvalue weighted by atomic mass is 16.6. The summed E-state index contributed by atoms with van der Waals surface area (Å²) in [6, 6.07) is 0. The molecule has 0 bridgehead atoms. The molecule has 0 aromatic heterocycles. The zero-order valence-corrected chi connectivity index (χ0v) is 49.9. The molecule has 0 radical (unpaired) electrons. The molecule has 0 rings (SSSR count). The fourth-order valence-corrected chi connectivity index (χ4v) is 9.85. The van der Waals surface area contributed by atoms with Gasteiger partial charge in [0.2, 0.25) is 0 Å². The third kappa shape index (κ3) is 60.5. The van der Waals surface area contributed by atoms with Crippen molar-refractivity contribution in [3.05, 3.63) is 36.5 Å². The predicted octanol–water partition coefficient (Wildman–Crippen LogP) is 22.4. The van der Waals surface area contributed by atoms with Gasteiger partial charge in [0.1, 0.15) is 13.2 Å². The average Bonchev–Trinajstić information content (AvgIpc) is 3.40. The third-order valence-electron chi connectivity index (χ3n) is 14.8. The largest absolute Gasteiger partial charge is 0.462 e. The molecule has 0 amide bonds. The first-order valence-corrected chi connectivity index (χ1v) is 33.0. The van der Waals surface area contributed by atoms with Gasteiger partial charge in [0, 0.05) is 19.3 Å². The first-order valence-electron chi connectivity index (χ1n) is 33.0. The molecule has 0 aromatic rings. The summed E-state index contributed by atoms with van der Waals surface area (Å²) in [5, 5.41) is 0. The Morgan fingerprint density at radius 3 is 0.730 bits per heavy atom. The number of allylic oxidation sites excluding steroid dienone is 6. The minimum atomic E-state index is -0.774. The molecule has 0 aliphatic heterocycles. The van der Waals surface area contributed by atoms with E-state index in [0.29, 0.717) is 19.3 Å². The van der Waals surface area contributed by atoms with E-state index in [-0.39, 0.29) is 31.1 Å². The highest BCUT2D eigenvalue weighted by molar-refractivity contribution is 5.71. The Kier molecular flexibility index (Phi) is 61.1. The van der Waals surface area contributed by atoms with Crippen molar-refractivity contribution in [2.75, 3.05) is 13.2 Å². The van der Waals surface area contributed by atoms with Crippen LogP contribution in [0, 0.1) is 0 Å². The van der Waals surface area contributed by atoms with Gasteiger partial charge < -0.3 is 14.2 Å². The van der Waals surface area contributed by atoms with Crippen LogP contribution in [0.3, 0.4) is 0 Å². The monoisotopic (exact) mass is 1040 g/mol. The molecule has 0 saturated carbocycles. The normalized spacial score (nSPS) is 12.2. The maximum absolute atomic E-state index is 12.9. The molecular weight excluding hydrogens is 913 g/mol. The van der Waals surface area contributed by atoms with Gasteiger partial charge in [-0.25, -0.2) is 0 Å². The van der Waals surface area contributed by atoms with E-state index in [9.17, 15) is 14.4 Å². The maximum atomic E-state index is 12.9. The lowest BCUT2D eigenvalue weighted by Crippen LogP contribution is -2.30. The Balaban J connectivity index is 4.15. The van der Waals surface area contributed by atoms with Gasteiger partial charge in [0.05, 0.1) is 0 Å². The van der Waals surface area contributed by atoms with Crippen LogP contribution in [0.5, 0.6) is 0 Å². The summed E-state index contributed by atoms with van der Waals surface area (Å²) < 4.78 is 16.9. The van der Waals surface area contributed by atoms with E-state index in [2.05, 4.69) is 57.2 Å². The van der Waals surface area contributed by atoms with Crippen LogP contribution in [0.1, 0.15) is 361 Å². The molecule has 0 fully saturated rings. The number of hydrogen-bond acceptors (Lipinski definition) is 6. The van der Waals surface area contributed by atoms with Crippen molar-refractivity contribution in [1.29, 1.82) is 0 Å². The van der Waals surface area contributed by atoms with Crippen molar-refractivity contribution in [2.24, 2.45) is 0 Å². The molecule has 1 atom stereocenters. The average molecular weight is 1040 g/mol. The zero-order valence-electron chi connectivity index (χ0n) is 49.9. The fraction of sp³-hybridized carbons (Fsp3) is 0.868. The highest BCUT2D eigenvalue weighted by Gasteiger charge is 2.19. The number of carbonyl (C=O) groups excluding carboxylic acids is 3. The minimum Gasteiger partial charge on any atom is -0.462 e. The molecule has 0 N–H and O–H groups in total. The van der Waals surface area contributed by atoms with Gasteiger partial charge in [-0.3, -0.25) is 14.4 Å². The second kappa shape index (κ2) is 63.2. The van der Waals surface area contributed by atoms with Crippen LogP contribution in [0.25, 0.3) is 0 Å². The molecule has 6 heteroatoms. The Labute approximate surface area is 461 Å². The summed E-state index contributed by atoms with van der Waals surface area (Å²) in [4.78, 5) is 38.2. The van der Waals surface area contributed by atoms with Crippen LogP contribution in [-0.2, 0) is 28.6 Å². The van der Waals surface area contributed by atoms with Gasteiger partial charge in [-0.1, -0.05) is 288 Å². The lowest BCUT2D eigenvalue weighted by Gasteiger charge is -2.18. The zero-order chi connectivity index (χ0) is 53.6. The summed E-state index contributed by atoms with van der Waals surface area (Å²) in [6.07, 6.45) is 77.5. The molecule has 0 aromatic carbocycles. The van der Waals surface area contributed by atoms with Gasteiger partial charge in [0.15, 0.2) is 6.10 Å². The van der Waals surface area contributed by atoms with Gasteiger partial charge in [0.25, 0.3) is 0 Å². The van der Waals surface area contributed by atoms with E-state index in [1.54, 1.807) is 0 Å². The smallest absolute Gasteiger partial charge is 0.306 e. The quantitative estimate of drug-likeness (QED) is 0.0261. The Morgan fingerprint density at radius 2 is 0.473 bits per heavy atom. The number of hydrogen-bond donors (Lipinski definition) is 0.